The topological polar surface area (TPSA) is 44.0 Å². The molecular weight excluding hydrogens is 258 g/mol. The highest BCUT2D eigenvalue weighted by Gasteiger charge is 2.05. The molecule has 102 valence electrons. The monoisotopic (exact) mass is 273 g/mol. The number of benzene rings is 3. The Morgan fingerprint density at radius 2 is 0.857 bits per heavy atom. The number of nitriles is 1. The van der Waals surface area contributed by atoms with Crippen LogP contribution in [-0.4, -0.2) is 5.11 Å². The van der Waals surface area contributed by atoms with Crippen molar-refractivity contribution in [3.8, 4) is 28.5 Å². The second-order valence-corrected chi connectivity index (χ2v) is 4.38. The molecule has 0 aliphatic rings. The zero-order valence-corrected chi connectivity index (χ0v) is 11.5. The van der Waals surface area contributed by atoms with Gasteiger partial charge in [0.2, 0.25) is 0 Å². The Balaban J connectivity index is 0.000000497. The summed E-state index contributed by atoms with van der Waals surface area (Å²) >= 11 is 0. The van der Waals surface area contributed by atoms with Gasteiger partial charge in [-0.25, -0.2) is 0 Å². The Morgan fingerprint density at radius 1 is 0.571 bits per heavy atom. The van der Waals surface area contributed by atoms with E-state index in [0.29, 0.717) is 0 Å². The second kappa shape index (κ2) is 7.52. The molecule has 0 atom stereocenters. The summed E-state index contributed by atoms with van der Waals surface area (Å²) in [6.07, 6.45) is 0.750. The van der Waals surface area contributed by atoms with Gasteiger partial charge in [-0.15, -0.1) is 0 Å². The molecule has 0 spiro atoms. The van der Waals surface area contributed by atoms with Gasteiger partial charge in [-0.2, -0.15) is 5.26 Å². The van der Waals surface area contributed by atoms with Gasteiger partial charge in [-0.3, -0.25) is 0 Å². The first-order valence-electron chi connectivity index (χ1n) is 6.60. The van der Waals surface area contributed by atoms with Crippen LogP contribution in [0.2, 0.25) is 0 Å². The first-order chi connectivity index (χ1) is 10.4. The molecule has 1 N–H and O–H groups in total. The minimum atomic E-state index is 0.750. The Bertz CT molecular complexity index is 657. The van der Waals surface area contributed by atoms with Crippen molar-refractivity contribution in [1.29, 1.82) is 5.26 Å². The second-order valence-electron chi connectivity index (χ2n) is 4.38. The van der Waals surface area contributed by atoms with Gasteiger partial charge in [-0.05, 0) is 22.3 Å². The van der Waals surface area contributed by atoms with E-state index in [1.807, 2.05) is 0 Å². The summed E-state index contributed by atoms with van der Waals surface area (Å²) in [6.45, 7) is 0. The van der Waals surface area contributed by atoms with Crippen LogP contribution in [0.1, 0.15) is 0 Å². The first-order valence-corrected chi connectivity index (χ1v) is 6.60. The molecule has 21 heavy (non-hydrogen) atoms. The van der Waals surface area contributed by atoms with Gasteiger partial charge < -0.3 is 5.11 Å². The van der Waals surface area contributed by atoms with Gasteiger partial charge in [0.15, 0.2) is 0 Å². The van der Waals surface area contributed by atoms with Crippen LogP contribution >= 0.6 is 0 Å². The van der Waals surface area contributed by atoms with E-state index in [0.717, 1.165) is 6.26 Å². The molecular formula is C19H15NO. The summed E-state index contributed by atoms with van der Waals surface area (Å²) in [7, 11) is 0. The van der Waals surface area contributed by atoms with Crippen LogP contribution in [0.15, 0.2) is 84.9 Å². The van der Waals surface area contributed by atoms with Gasteiger partial charge in [-0.1, -0.05) is 84.9 Å². The fourth-order valence-electron chi connectivity index (χ4n) is 2.22. The summed E-state index contributed by atoms with van der Waals surface area (Å²) in [5.41, 5.74) is 5.09. The van der Waals surface area contributed by atoms with Gasteiger partial charge in [0.1, 0.15) is 0 Å². The standard InChI is InChI=1S/C18H14.CHNO/c1-3-9-15(10-4-1)17-13-7-8-14-18(17)16-11-5-2-6-12-16;2-1-3/h1-14H;3H. The molecule has 0 heterocycles. The van der Waals surface area contributed by atoms with E-state index in [2.05, 4.69) is 84.9 Å². The summed E-state index contributed by atoms with van der Waals surface area (Å²) < 4.78 is 0. The molecule has 0 amide bonds. The molecule has 0 saturated heterocycles. The van der Waals surface area contributed by atoms with Gasteiger partial charge in [0, 0.05) is 0 Å². The van der Waals surface area contributed by atoms with Crippen molar-refractivity contribution in [3.63, 3.8) is 0 Å². The van der Waals surface area contributed by atoms with E-state index in [-0.39, 0.29) is 0 Å². The van der Waals surface area contributed by atoms with Crippen LogP contribution in [0.5, 0.6) is 0 Å². The predicted octanol–water partition coefficient (Wildman–Crippen LogP) is 4.86. The summed E-state index contributed by atoms with van der Waals surface area (Å²) in [6, 6.07) is 29.6. The average Bonchev–Trinajstić information content (AvgIpc) is 2.57. The number of nitrogens with zero attached hydrogens (tertiary/aromatic N) is 1. The smallest absolute Gasteiger partial charge is 0.283 e. The number of hydrogen-bond acceptors (Lipinski definition) is 2. The lowest BCUT2D eigenvalue weighted by atomic mass is 9.95. The van der Waals surface area contributed by atoms with E-state index in [1.165, 1.54) is 22.3 Å². The normalized spacial score (nSPS) is 9.10. The molecule has 0 bridgehead atoms. The van der Waals surface area contributed by atoms with Crippen molar-refractivity contribution < 1.29 is 5.11 Å². The third kappa shape index (κ3) is 3.71. The zero-order chi connectivity index (χ0) is 14.9. The summed E-state index contributed by atoms with van der Waals surface area (Å²) in [5.74, 6) is 0. The van der Waals surface area contributed by atoms with E-state index in [4.69, 9.17) is 10.4 Å². The van der Waals surface area contributed by atoms with Gasteiger partial charge in [0.05, 0.1) is 0 Å². The van der Waals surface area contributed by atoms with Crippen molar-refractivity contribution in [3.05, 3.63) is 84.9 Å². The van der Waals surface area contributed by atoms with Crippen LogP contribution < -0.4 is 0 Å². The zero-order valence-electron chi connectivity index (χ0n) is 11.5. The molecule has 3 aromatic rings. The van der Waals surface area contributed by atoms with Crippen LogP contribution in [0, 0.1) is 11.5 Å². The van der Waals surface area contributed by atoms with Crippen molar-refractivity contribution in [1.82, 2.24) is 0 Å². The molecule has 0 aliphatic heterocycles. The first kappa shape index (κ1) is 14.4. The number of rotatable bonds is 2. The van der Waals surface area contributed by atoms with E-state index in [9.17, 15) is 0 Å². The molecule has 2 nitrogen and oxygen atoms in total. The van der Waals surface area contributed by atoms with Crippen LogP contribution in [0.3, 0.4) is 0 Å². The molecule has 0 fully saturated rings. The molecule has 2 heteroatoms. The maximum absolute atomic E-state index is 6.88. The quantitative estimate of drug-likeness (QED) is 0.677. The van der Waals surface area contributed by atoms with Gasteiger partial charge in [0.25, 0.3) is 6.26 Å². The van der Waals surface area contributed by atoms with Crippen LogP contribution in [0.25, 0.3) is 22.3 Å². The van der Waals surface area contributed by atoms with Crippen LogP contribution in [0.4, 0.5) is 0 Å². The largest absolute Gasteiger partial charge is 0.443 e. The third-order valence-corrected chi connectivity index (χ3v) is 3.10. The maximum atomic E-state index is 6.88. The Hall–Kier alpha value is -3.05. The lowest BCUT2D eigenvalue weighted by molar-refractivity contribution is 0.503. The Labute approximate surface area is 124 Å². The Morgan fingerprint density at radius 3 is 1.19 bits per heavy atom. The maximum Gasteiger partial charge on any atom is 0.283 e. The highest BCUT2D eigenvalue weighted by atomic mass is 16.2. The van der Waals surface area contributed by atoms with Crippen LogP contribution in [-0.2, 0) is 0 Å². The fraction of sp³-hybridized carbons (Fsp3) is 0. The van der Waals surface area contributed by atoms with Crippen molar-refractivity contribution in [2.75, 3.05) is 0 Å². The highest BCUT2D eigenvalue weighted by molar-refractivity contribution is 5.83. The lowest BCUT2D eigenvalue weighted by Gasteiger charge is -2.09. The van der Waals surface area contributed by atoms with Crippen molar-refractivity contribution in [2.24, 2.45) is 0 Å². The number of hydrogen-bond donors (Lipinski definition) is 1. The van der Waals surface area contributed by atoms with E-state index in [1.54, 1.807) is 0 Å². The van der Waals surface area contributed by atoms with E-state index < -0.39 is 0 Å². The van der Waals surface area contributed by atoms with Gasteiger partial charge >= 0.3 is 0 Å². The molecule has 0 aromatic heterocycles. The highest BCUT2D eigenvalue weighted by Crippen LogP contribution is 2.31. The molecule has 3 rings (SSSR count). The minimum absolute atomic E-state index is 0.750. The molecule has 0 aliphatic carbocycles. The lowest BCUT2D eigenvalue weighted by Crippen LogP contribution is -1.83. The molecule has 3 aromatic carbocycles. The van der Waals surface area contributed by atoms with Crippen molar-refractivity contribution >= 4 is 0 Å². The summed E-state index contributed by atoms with van der Waals surface area (Å²) in [4.78, 5) is 0. The summed E-state index contributed by atoms with van der Waals surface area (Å²) in [5, 5.41) is 13.8. The predicted molar refractivity (Wildman–Crippen MR) is 84.9 cm³/mol. The SMILES string of the molecule is N#CO.c1ccc(-c2ccccc2-c2ccccc2)cc1. The molecule has 0 radical (unpaired) electrons. The number of aliphatic hydroxyl groups is 1. The number of aliphatic hydroxyl groups excluding tert-OH is 1. The minimum Gasteiger partial charge on any atom is -0.443 e. The van der Waals surface area contributed by atoms with E-state index >= 15 is 0 Å². The molecule has 0 saturated carbocycles. The third-order valence-electron chi connectivity index (χ3n) is 3.10. The Kier molecular flexibility index (Phi) is 5.14. The van der Waals surface area contributed by atoms with Crippen molar-refractivity contribution in [2.45, 2.75) is 0 Å². The average molecular weight is 273 g/mol. The fourth-order valence-corrected chi connectivity index (χ4v) is 2.22. The molecule has 0 unspecified atom stereocenters.